The molecule has 1 aliphatic heterocycles. The van der Waals surface area contributed by atoms with Crippen LogP contribution in [-0.2, 0) is 0 Å². The highest BCUT2D eigenvalue weighted by molar-refractivity contribution is 5.90. The van der Waals surface area contributed by atoms with Gasteiger partial charge in [-0.3, -0.25) is 9.69 Å². The molecule has 3 rings (SSSR count). The van der Waals surface area contributed by atoms with Gasteiger partial charge in [0.05, 0.1) is 5.69 Å². The number of carbonyl (C=O) groups is 1. The van der Waals surface area contributed by atoms with Gasteiger partial charge in [-0.05, 0) is 24.5 Å². The first kappa shape index (κ1) is 18.5. The number of para-hydroxylation sites is 1. The fourth-order valence-corrected chi connectivity index (χ4v) is 3.22. The second-order valence-corrected chi connectivity index (χ2v) is 6.96. The summed E-state index contributed by atoms with van der Waals surface area (Å²) in [4.78, 5) is 19.1. The van der Waals surface area contributed by atoms with Crippen molar-refractivity contribution in [3.63, 3.8) is 0 Å². The number of rotatable bonds is 6. The van der Waals surface area contributed by atoms with Crippen molar-refractivity contribution in [3.8, 4) is 5.69 Å². The Morgan fingerprint density at radius 1 is 1.27 bits per heavy atom. The Labute approximate surface area is 154 Å². The normalized spacial score (nSPS) is 15.4. The highest BCUT2D eigenvalue weighted by Crippen LogP contribution is 2.23. The second-order valence-electron chi connectivity index (χ2n) is 6.96. The predicted molar refractivity (Wildman–Crippen MR) is 102 cm³/mol. The first-order valence-electron chi connectivity index (χ1n) is 9.30. The number of nitrogens with one attached hydrogen (secondary N) is 2. The zero-order chi connectivity index (χ0) is 18.5. The molecular formula is C19H28N6O. The van der Waals surface area contributed by atoms with Crippen molar-refractivity contribution in [2.75, 3.05) is 39.3 Å². The van der Waals surface area contributed by atoms with E-state index in [1.54, 1.807) is 4.68 Å². The molecular weight excluding hydrogens is 328 g/mol. The number of benzene rings is 1. The Hall–Kier alpha value is -2.25. The van der Waals surface area contributed by atoms with E-state index in [0.717, 1.165) is 38.4 Å². The maximum atomic E-state index is 12.4. The van der Waals surface area contributed by atoms with Gasteiger partial charge in [0, 0.05) is 39.3 Å². The Morgan fingerprint density at radius 2 is 2.00 bits per heavy atom. The van der Waals surface area contributed by atoms with Crippen LogP contribution in [-0.4, -0.2) is 64.8 Å². The Morgan fingerprint density at radius 3 is 2.73 bits per heavy atom. The lowest BCUT2D eigenvalue weighted by molar-refractivity contribution is 0.0937. The van der Waals surface area contributed by atoms with Crippen molar-refractivity contribution in [2.45, 2.75) is 26.7 Å². The third-order valence-corrected chi connectivity index (χ3v) is 4.68. The van der Waals surface area contributed by atoms with Gasteiger partial charge in [0.15, 0.2) is 0 Å². The maximum absolute atomic E-state index is 12.4. The average Bonchev–Trinajstić information content (AvgIpc) is 3.04. The van der Waals surface area contributed by atoms with Gasteiger partial charge in [-0.15, -0.1) is 5.10 Å². The Kier molecular flexibility index (Phi) is 6.00. The van der Waals surface area contributed by atoms with Crippen LogP contribution in [0.3, 0.4) is 0 Å². The molecule has 0 saturated carbocycles. The van der Waals surface area contributed by atoms with E-state index in [2.05, 4.69) is 45.5 Å². The zero-order valence-corrected chi connectivity index (χ0v) is 15.8. The van der Waals surface area contributed by atoms with Crippen LogP contribution in [0.1, 0.15) is 41.8 Å². The number of aryl methyl sites for hydroxylation is 1. The van der Waals surface area contributed by atoms with Crippen molar-refractivity contribution in [1.82, 2.24) is 30.3 Å². The summed E-state index contributed by atoms with van der Waals surface area (Å²) < 4.78 is 1.76. The minimum Gasteiger partial charge on any atom is -0.348 e. The summed E-state index contributed by atoms with van der Waals surface area (Å²) in [5, 5.41) is 10.7. The molecule has 7 nitrogen and oxygen atoms in total. The summed E-state index contributed by atoms with van der Waals surface area (Å²) in [6.45, 7) is 11.7. The van der Waals surface area contributed by atoms with E-state index in [0.29, 0.717) is 18.3 Å². The third-order valence-electron chi connectivity index (χ3n) is 4.68. The van der Waals surface area contributed by atoms with Crippen LogP contribution in [0.2, 0.25) is 0 Å². The number of amides is 1. The standard InChI is InChI=1S/C19H28N6O/c1-14(2)16-6-4-5-7-17(16)25-15(3)22-18(23-25)19(26)21-10-13-24-11-8-20-9-12-24/h4-7,14,20H,8-13H2,1-3H3,(H,21,26). The molecule has 1 amide bonds. The molecule has 0 spiro atoms. The fourth-order valence-electron chi connectivity index (χ4n) is 3.22. The number of hydrogen-bond acceptors (Lipinski definition) is 5. The molecule has 0 unspecified atom stereocenters. The molecule has 2 heterocycles. The van der Waals surface area contributed by atoms with Crippen molar-refractivity contribution < 1.29 is 4.79 Å². The molecule has 1 aromatic heterocycles. The van der Waals surface area contributed by atoms with Crippen molar-refractivity contribution in [1.29, 1.82) is 0 Å². The summed E-state index contributed by atoms with van der Waals surface area (Å²) in [7, 11) is 0. The van der Waals surface area contributed by atoms with E-state index in [4.69, 9.17) is 0 Å². The predicted octanol–water partition coefficient (Wildman–Crippen LogP) is 1.33. The summed E-state index contributed by atoms with van der Waals surface area (Å²) >= 11 is 0. The van der Waals surface area contributed by atoms with E-state index in [1.807, 2.05) is 25.1 Å². The topological polar surface area (TPSA) is 75.1 Å². The van der Waals surface area contributed by atoms with Crippen LogP contribution in [0, 0.1) is 6.92 Å². The Bertz CT molecular complexity index is 748. The van der Waals surface area contributed by atoms with Crippen LogP contribution in [0.5, 0.6) is 0 Å². The smallest absolute Gasteiger partial charge is 0.291 e. The molecule has 0 radical (unpaired) electrons. The quantitative estimate of drug-likeness (QED) is 0.817. The fraction of sp³-hybridized carbons (Fsp3) is 0.526. The van der Waals surface area contributed by atoms with Crippen molar-refractivity contribution in [3.05, 3.63) is 41.5 Å². The first-order valence-corrected chi connectivity index (χ1v) is 9.30. The SMILES string of the molecule is Cc1nc(C(=O)NCCN2CCNCC2)nn1-c1ccccc1C(C)C. The van der Waals surface area contributed by atoms with Gasteiger partial charge in [0.1, 0.15) is 5.82 Å². The van der Waals surface area contributed by atoms with E-state index in [1.165, 1.54) is 5.56 Å². The second kappa shape index (κ2) is 8.42. The molecule has 1 aromatic carbocycles. The molecule has 0 bridgehead atoms. The lowest BCUT2D eigenvalue weighted by Gasteiger charge is -2.26. The van der Waals surface area contributed by atoms with E-state index in [-0.39, 0.29) is 11.7 Å². The van der Waals surface area contributed by atoms with Crippen molar-refractivity contribution in [2.24, 2.45) is 0 Å². The van der Waals surface area contributed by atoms with Gasteiger partial charge >= 0.3 is 0 Å². The summed E-state index contributed by atoms with van der Waals surface area (Å²) in [5.41, 5.74) is 2.17. The largest absolute Gasteiger partial charge is 0.348 e. The van der Waals surface area contributed by atoms with Crippen LogP contribution in [0.15, 0.2) is 24.3 Å². The highest BCUT2D eigenvalue weighted by atomic mass is 16.2. The molecule has 1 aliphatic rings. The molecule has 7 heteroatoms. The maximum Gasteiger partial charge on any atom is 0.291 e. The van der Waals surface area contributed by atoms with Gasteiger partial charge < -0.3 is 10.6 Å². The molecule has 0 aliphatic carbocycles. The van der Waals surface area contributed by atoms with Gasteiger partial charge in [0.25, 0.3) is 5.91 Å². The molecule has 0 atom stereocenters. The zero-order valence-electron chi connectivity index (χ0n) is 15.8. The minimum absolute atomic E-state index is 0.219. The van der Waals surface area contributed by atoms with Gasteiger partial charge in [0.2, 0.25) is 5.82 Å². The molecule has 2 N–H and O–H groups in total. The van der Waals surface area contributed by atoms with Crippen LogP contribution in [0.25, 0.3) is 5.69 Å². The average molecular weight is 356 g/mol. The van der Waals surface area contributed by atoms with Gasteiger partial charge in [-0.2, -0.15) is 0 Å². The highest BCUT2D eigenvalue weighted by Gasteiger charge is 2.18. The summed E-state index contributed by atoms with van der Waals surface area (Å²) in [6, 6.07) is 8.11. The number of piperazine rings is 1. The van der Waals surface area contributed by atoms with E-state index >= 15 is 0 Å². The van der Waals surface area contributed by atoms with E-state index in [9.17, 15) is 4.79 Å². The van der Waals surface area contributed by atoms with Crippen molar-refractivity contribution >= 4 is 5.91 Å². The molecule has 2 aromatic rings. The number of aromatic nitrogens is 3. The first-order chi connectivity index (χ1) is 12.6. The number of carbonyl (C=O) groups excluding carboxylic acids is 1. The molecule has 1 saturated heterocycles. The monoisotopic (exact) mass is 356 g/mol. The molecule has 1 fully saturated rings. The molecule has 26 heavy (non-hydrogen) atoms. The van der Waals surface area contributed by atoms with Gasteiger partial charge in [-0.1, -0.05) is 32.0 Å². The van der Waals surface area contributed by atoms with Gasteiger partial charge in [-0.25, -0.2) is 9.67 Å². The summed E-state index contributed by atoms with van der Waals surface area (Å²) in [5.74, 6) is 1.09. The van der Waals surface area contributed by atoms with Crippen LogP contribution >= 0.6 is 0 Å². The van der Waals surface area contributed by atoms with Crippen LogP contribution in [0.4, 0.5) is 0 Å². The minimum atomic E-state index is -0.219. The third kappa shape index (κ3) is 4.28. The lowest BCUT2D eigenvalue weighted by atomic mass is 10.0. The number of hydrogen-bond donors (Lipinski definition) is 2. The number of nitrogens with zero attached hydrogens (tertiary/aromatic N) is 4. The lowest BCUT2D eigenvalue weighted by Crippen LogP contribution is -2.46. The summed E-state index contributed by atoms with van der Waals surface area (Å²) in [6.07, 6.45) is 0. The molecule has 140 valence electrons. The van der Waals surface area contributed by atoms with E-state index < -0.39 is 0 Å². The Balaban J connectivity index is 1.67. The van der Waals surface area contributed by atoms with Crippen LogP contribution < -0.4 is 10.6 Å².